The largest absolute Gasteiger partial charge is 0.361 e. The van der Waals surface area contributed by atoms with Crippen molar-refractivity contribution >= 4 is 22.6 Å². The zero-order valence-electron chi connectivity index (χ0n) is 16.7. The molecule has 0 bridgehead atoms. The molecule has 31 heavy (non-hydrogen) atoms. The molecule has 1 amide bonds. The van der Waals surface area contributed by atoms with Crippen molar-refractivity contribution in [3.8, 4) is 11.1 Å². The van der Waals surface area contributed by atoms with Crippen LogP contribution in [-0.4, -0.2) is 21.0 Å². The van der Waals surface area contributed by atoms with E-state index in [2.05, 4.69) is 15.1 Å². The van der Waals surface area contributed by atoms with Gasteiger partial charge in [-0.3, -0.25) is 4.79 Å². The van der Waals surface area contributed by atoms with E-state index in [-0.39, 0.29) is 18.0 Å². The molecule has 1 N–H and O–H groups in total. The zero-order chi connectivity index (χ0) is 21.9. The molecule has 1 saturated heterocycles. The molecular formula is C22H17F3N4O2. The Morgan fingerprint density at radius 1 is 1.13 bits per heavy atom. The third-order valence-electron chi connectivity index (χ3n) is 5.60. The van der Waals surface area contributed by atoms with Crippen molar-refractivity contribution in [2.75, 3.05) is 4.90 Å². The summed E-state index contributed by atoms with van der Waals surface area (Å²) in [7, 11) is 0. The number of amides is 1. The van der Waals surface area contributed by atoms with Crippen LogP contribution in [0.4, 0.5) is 18.9 Å². The van der Waals surface area contributed by atoms with Gasteiger partial charge in [0.15, 0.2) is 17.5 Å². The molecule has 6 nitrogen and oxygen atoms in total. The Labute approximate surface area is 174 Å². The number of hydrogen-bond acceptors (Lipinski definition) is 4. The highest BCUT2D eigenvalue weighted by Gasteiger charge is 2.36. The minimum absolute atomic E-state index is 0.0410. The lowest BCUT2D eigenvalue weighted by Gasteiger charge is -2.23. The molecule has 2 aromatic carbocycles. The highest BCUT2D eigenvalue weighted by atomic mass is 19.2. The fourth-order valence-corrected chi connectivity index (χ4v) is 4.19. The third kappa shape index (κ3) is 3.08. The number of rotatable bonds is 3. The van der Waals surface area contributed by atoms with Gasteiger partial charge in [0.25, 0.3) is 0 Å². The lowest BCUT2D eigenvalue weighted by molar-refractivity contribution is -0.117. The molecular weight excluding hydrogens is 409 g/mol. The van der Waals surface area contributed by atoms with E-state index in [1.54, 1.807) is 0 Å². The van der Waals surface area contributed by atoms with E-state index in [0.717, 1.165) is 34.5 Å². The van der Waals surface area contributed by atoms with E-state index in [0.29, 0.717) is 23.5 Å². The molecule has 2 aromatic heterocycles. The van der Waals surface area contributed by atoms with Gasteiger partial charge >= 0.3 is 0 Å². The minimum Gasteiger partial charge on any atom is -0.361 e. The smallest absolute Gasteiger partial charge is 0.227 e. The second-order valence-corrected chi connectivity index (χ2v) is 7.59. The summed E-state index contributed by atoms with van der Waals surface area (Å²) in [4.78, 5) is 21.6. The minimum atomic E-state index is -1.57. The molecule has 1 fully saturated rings. The number of H-pyrrole nitrogens is 1. The first-order valence-corrected chi connectivity index (χ1v) is 9.73. The Hall–Kier alpha value is -3.62. The summed E-state index contributed by atoms with van der Waals surface area (Å²) < 4.78 is 46.2. The lowest BCUT2D eigenvalue weighted by atomic mass is 10.0. The van der Waals surface area contributed by atoms with E-state index in [1.165, 1.54) is 4.90 Å². The summed E-state index contributed by atoms with van der Waals surface area (Å²) >= 11 is 0. The number of hydrogen-bond donors (Lipinski definition) is 1. The van der Waals surface area contributed by atoms with Crippen LogP contribution >= 0.6 is 0 Å². The number of aryl methyl sites for hydroxylation is 2. The average Bonchev–Trinajstić information content (AvgIpc) is 3.41. The Morgan fingerprint density at radius 2 is 1.87 bits per heavy atom. The van der Waals surface area contributed by atoms with Crippen LogP contribution in [0.1, 0.15) is 36.2 Å². The van der Waals surface area contributed by atoms with Gasteiger partial charge in [-0.05, 0) is 38.0 Å². The van der Waals surface area contributed by atoms with Crippen molar-refractivity contribution in [2.45, 2.75) is 32.7 Å². The number of fused-ring (bicyclic) bond motifs is 1. The predicted molar refractivity (Wildman–Crippen MR) is 107 cm³/mol. The first-order chi connectivity index (χ1) is 14.8. The van der Waals surface area contributed by atoms with Gasteiger partial charge in [0.05, 0.1) is 28.5 Å². The van der Waals surface area contributed by atoms with Crippen LogP contribution in [0.25, 0.3) is 22.2 Å². The van der Waals surface area contributed by atoms with Crippen molar-refractivity contribution in [3.63, 3.8) is 0 Å². The Balaban J connectivity index is 1.56. The van der Waals surface area contributed by atoms with E-state index >= 15 is 0 Å². The molecule has 0 unspecified atom stereocenters. The predicted octanol–water partition coefficient (Wildman–Crippen LogP) is 5.12. The number of benzene rings is 2. The number of anilines is 1. The molecule has 1 aliphatic heterocycles. The lowest BCUT2D eigenvalue weighted by Crippen LogP contribution is -2.28. The van der Waals surface area contributed by atoms with Crippen molar-refractivity contribution in [3.05, 3.63) is 65.1 Å². The molecule has 0 aliphatic carbocycles. The Bertz CT molecular complexity index is 1300. The van der Waals surface area contributed by atoms with Gasteiger partial charge in [-0.15, -0.1) is 0 Å². The van der Waals surface area contributed by atoms with Crippen LogP contribution in [-0.2, 0) is 4.79 Å². The normalized spacial score (nSPS) is 16.6. The molecule has 9 heteroatoms. The number of halogens is 3. The summed E-state index contributed by atoms with van der Waals surface area (Å²) in [5.41, 5.74) is 3.95. The van der Waals surface area contributed by atoms with E-state index in [4.69, 9.17) is 4.52 Å². The van der Waals surface area contributed by atoms with Crippen LogP contribution < -0.4 is 4.90 Å². The van der Waals surface area contributed by atoms with Gasteiger partial charge in [0.2, 0.25) is 5.91 Å². The van der Waals surface area contributed by atoms with Gasteiger partial charge in [-0.2, -0.15) is 0 Å². The summed E-state index contributed by atoms with van der Waals surface area (Å²) in [5, 5.41) is 3.98. The van der Waals surface area contributed by atoms with Gasteiger partial charge < -0.3 is 14.4 Å². The number of aromatic nitrogens is 3. The van der Waals surface area contributed by atoms with Crippen LogP contribution in [0.5, 0.6) is 0 Å². The molecule has 0 radical (unpaired) electrons. The molecule has 5 rings (SSSR count). The molecule has 0 saturated carbocycles. The standard InChI is InChI=1S/C22H17F3N4O2/c1-10-20(11(2)31-28-10)12-3-4-16-17(7-12)27-22(26-16)18-5-6-19(30)29(18)13-8-14(23)21(25)15(24)9-13/h3-4,7-9,18H,5-6H2,1-2H3,(H,26,27)/t18-/m0/s1. The Morgan fingerprint density at radius 3 is 2.55 bits per heavy atom. The van der Waals surface area contributed by atoms with Crippen LogP contribution in [0, 0.1) is 31.3 Å². The molecule has 1 aliphatic rings. The SMILES string of the molecule is Cc1noc(C)c1-c1ccc2nc([C@@H]3CCC(=O)N3c3cc(F)c(F)c(F)c3)[nH]c2c1. The number of nitrogens with one attached hydrogen (secondary N) is 1. The monoisotopic (exact) mass is 426 g/mol. The fourth-order valence-electron chi connectivity index (χ4n) is 4.19. The van der Waals surface area contributed by atoms with Gasteiger partial charge in [-0.25, -0.2) is 18.2 Å². The summed E-state index contributed by atoms with van der Waals surface area (Å²) in [5.74, 6) is -3.38. The van der Waals surface area contributed by atoms with E-state index in [9.17, 15) is 18.0 Å². The van der Waals surface area contributed by atoms with Crippen LogP contribution in [0.15, 0.2) is 34.9 Å². The van der Waals surface area contributed by atoms with Gasteiger partial charge in [-0.1, -0.05) is 11.2 Å². The maximum absolute atomic E-state index is 13.8. The quantitative estimate of drug-likeness (QED) is 0.462. The third-order valence-corrected chi connectivity index (χ3v) is 5.60. The van der Waals surface area contributed by atoms with Crippen molar-refractivity contribution in [1.82, 2.24) is 15.1 Å². The number of carbonyl (C=O) groups excluding carboxylic acids is 1. The average molecular weight is 426 g/mol. The summed E-state index contributed by atoms with van der Waals surface area (Å²) in [6.45, 7) is 3.69. The molecule has 3 heterocycles. The summed E-state index contributed by atoms with van der Waals surface area (Å²) in [6, 6.07) is 6.76. The summed E-state index contributed by atoms with van der Waals surface area (Å²) in [6.07, 6.45) is 0.600. The first-order valence-electron chi connectivity index (χ1n) is 9.73. The maximum atomic E-state index is 13.8. The molecule has 4 aromatic rings. The maximum Gasteiger partial charge on any atom is 0.227 e. The van der Waals surface area contributed by atoms with E-state index < -0.39 is 23.5 Å². The van der Waals surface area contributed by atoms with Crippen molar-refractivity contribution < 1.29 is 22.5 Å². The van der Waals surface area contributed by atoms with Crippen molar-refractivity contribution in [1.29, 1.82) is 0 Å². The van der Waals surface area contributed by atoms with E-state index in [1.807, 2.05) is 32.0 Å². The van der Waals surface area contributed by atoms with Crippen LogP contribution in [0.2, 0.25) is 0 Å². The van der Waals surface area contributed by atoms with Gasteiger partial charge in [0.1, 0.15) is 11.6 Å². The molecule has 1 atom stereocenters. The highest BCUT2D eigenvalue weighted by Crippen LogP contribution is 2.38. The second kappa shape index (κ2) is 6.97. The Kier molecular flexibility index (Phi) is 4.35. The first kappa shape index (κ1) is 19.3. The van der Waals surface area contributed by atoms with Crippen molar-refractivity contribution in [2.24, 2.45) is 0 Å². The highest BCUT2D eigenvalue weighted by molar-refractivity contribution is 5.96. The zero-order valence-corrected chi connectivity index (χ0v) is 16.7. The number of carbonyl (C=O) groups is 1. The number of imidazole rings is 1. The number of nitrogens with zero attached hydrogens (tertiary/aromatic N) is 3. The fraction of sp³-hybridized carbons (Fsp3) is 0.227. The molecule has 158 valence electrons. The topological polar surface area (TPSA) is 75.0 Å². The molecule has 0 spiro atoms. The number of aromatic amines is 1. The second-order valence-electron chi connectivity index (χ2n) is 7.59. The van der Waals surface area contributed by atoms with Gasteiger partial charge in [0, 0.05) is 24.1 Å². The van der Waals surface area contributed by atoms with Crippen LogP contribution in [0.3, 0.4) is 0 Å².